The number of carbonyl (C=O) groups is 4. The normalized spacial score (nSPS) is 13.2. The Bertz CT molecular complexity index is 1450. The Morgan fingerprint density at radius 3 is 2.13 bits per heavy atom. The summed E-state index contributed by atoms with van der Waals surface area (Å²) in [6.45, 7) is 6.22. The highest BCUT2D eigenvalue weighted by Crippen LogP contribution is 2.31. The predicted molar refractivity (Wildman–Crippen MR) is 148 cm³/mol. The molecule has 0 aromatic heterocycles. The van der Waals surface area contributed by atoms with E-state index in [-0.39, 0.29) is 22.3 Å². The van der Waals surface area contributed by atoms with Gasteiger partial charge >= 0.3 is 11.9 Å². The Hall–Kier alpha value is -4.43. The summed E-state index contributed by atoms with van der Waals surface area (Å²) >= 11 is 6.23. The number of ether oxygens (including phenoxy) is 2. The van der Waals surface area contributed by atoms with E-state index in [1.54, 1.807) is 36.4 Å². The number of anilines is 2. The van der Waals surface area contributed by atoms with Gasteiger partial charge in [-0.15, -0.1) is 0 Å². The number of esters is 2. The number of halogens is 1. The van der Waals surface area contributed by atoms with E-state index in [2.05, 4.69) is 5.32 Å². The summed E-state index contributed by atoms with van der Waals surface area (Å²) in [5.74, 6) is -1.68. The summed E-state index contributed by atoms with van der Waals surface area (Å²) in [5.41, 5.74) is 2.13. The predicted octanol–water partition coefficient (Wildman–Crippen LogP) is 6.03. The van der Waals surface area contributed by atoms with E-state index < -0.39 is 23.8 Å². The Morgan fingerprint density at radius 1 is 0.872 bits per heavy atom. The molecule has 0 bridgehead atoms. The fourth-order valence-electron chi connectivity index (χ4n) is 3.91. The van der Waals surface area contributed by atoms with Crippen LogP contribution < -0.4 is 15.0 Å². The Labute approximate surface area is 231 Å². The van der Waals surface area contributed by atoms with E-state index in [1.807, 2.05) is 32.9 Å². The topological polar surface area (TPSA) is 102 Å². The lowest BCUT2D eigenvalue weighted by Gasteiger charge is -2.15. The summed E-state index contributed by atoms with van der Waals surface area (Å²) in [4.78, 5) is 51.5. The smallest absolute Gasteiger partial charge is 0.343 e. The van der Waals surface area contributed by atoms with Crippen molar-refractivity contribution in [2.45, 2.75) is 33.1 Å². The van der Waals surface area contributed by atoms with Crippen LogP contribution in [0.5, 0.6) is 5.75 Å². The van der Waals surface area contributed by atoms with Crippen LogP contribution in [0.2, 0.25) is 0 Å². The molecule has 0 atom stereocenters. The van der Waals surface area contributed by atoms with Crippen molar-refractivity contribution in [3.8, 4) is 5.75 Å². The maximum Gasteiger partial charge on any atom is 0.343 e. The van der Waals surface area contributed by atoms with E-state index in [0.29, 0.717) is 35.6 Å². The highest BCUT2D eigenvalue weighted by molar-refractivity contribution is 6.53. The van der Waals surface area contributed by atoms with Crippen LogP contribution in [0.15, 0.2) is 83.5 Å². The van der Waals surface area contributed by atoms with Gasteiger partial charge in [0.25, 0.3) is 11.8 Å². The lowest BCUT2D eigenvalue weighted by atomic mass is 10.0. The molecule has 39 heavy (non-hydrogen) atoms. The second-order valence-electron chi connectivity index (χ2n) is 9.10. The molecule has 0 fully saturated rings. The first kappa shape index (κ1) is 27.6. The van der Waals surface area contributed by atoms with Crippen molar-refractivity contribution in [2.75, 3.05) is 16.8 Å². The van der Waals surface area contributed by atoms with Gasteiger partial charge in [-0.05, 0) is 72.5 Å². The Morgan fingerprint density at radius 2 is 1.49 bits per heavy atom. The molecule has 3 aromatic carbocycles. The first-order chi connectivity index (χ1) is 18.7. The summed E-state index contributed by atoms with van der Waals surface area (Å²) in [6, 6.07) is 19.5. The van der Waals surface area contributed by atoms with Crippen molar-refractivity contribution in [1.29, 1.82) is 0 Å². The second-order valence-corrected chi connectivity index (χ2v) is 9.48. The van der Waals surface area contributed by atoms with Gasteiger partial charge in [-0.3, -0.25) is 9.59 Å². The standard InChI is InChI=1S/C30H27ClN2O6/c1-4-17-38-29(36)19-11-15-22(16-12-19)33-27(34)25(31)26(28(33)35)32-21-13-9-20(10-14-21)30(37)39-24-8-6-5-7-23(24)18(2)3/h5-16,18,32H,4,17H2,1-3H3. The molecule has 0 saturated carbocycles. The van der Waals surface area contributed by atoms with Gasteiger partial charge in [0, 0.05) is 5.69 Å². The van der Waals surface area contributed by atoms with Crippen molar-refractivity contribution in [1.82, 2.24) is 0 Å². The van der Waals surface area contributed by atoms with Gasteiger partial charge in [0.05, 0.1) is 23.4 Å². The Balaban J connectivity index is 1.44. The number of imide groups is 1. The third kappa shape index (κ3) is 6.02. The van der Waals surface area contributed by atoms with Crippen LogP contribution in [-0.4, -0.2) is 30.4 Å². The zero-order valence-electron chi connectivity index (χ0n) is 21.7. The summed E-state index contributed by atoms with van der Waals surface area (Å²) in [6.07, 6.45) is 0.695. The van der Waals surface area contributed by atoms with Gasteiger partial charge in [-0.2, -0.15) is 0 Å². The van der Waals surface area contributed by atoms with Gasteiger partial charge in [0.2, 0.25) is 0 Å². The minimum Gasteiger partial charge on any atom is -0.462 e. The maximum atomic E-state index is 13.1. The van der Waals surface area contributed by atoms with Crippen LogP contribution in [0.3, 0.4) is 0 Å². The second kappa shape index (κ2) is 12.0. The zero-order chi connectivity index (χ0) is 28.1. The van der Waals surface area contributed by atoms with Crippen LogP contribution in [0.1, 0.15) is 59.4 Å². The number of nitrogens with zero attached hydrogens (tertiary/aromatic N) is 1. The van der Waals surface area contributed by atoms with E-state index in [4.69, 9.17) is 21.1 Å². The van der Waals surface area contributed by atoms with Crippen molar-refractivity contribution >= 4 is 46.7 Å². The Kier molecular flexibility index (Phi) is 8.46. The first-order valence-corrected chi connectivity index (χ1v) is 12.8. The maximum absolute atomic E-state index is 13.1. The van der Waals surface area contributed by atoms with Crippen LogP contribution in [0.4, 0.5) is 11.4 Å². The van der Waals surface area contributed by atoms with Crippen molar-refractivity contribution < 1.29 is 28.7 Å². The number of benzene rings is 3. The molecule has 1 aliphatic heterocycles. The largest absolute Gasteiger partial charge is 0.462 e. The van der Waals surface area contributed by atoms with E-state index in [1.165, 1.54) is 24.3 Å². The molecule has 8 nitrogen and oxygen atoms in total. The van der Waals surface area contributed by atoms with Gasteiger partial charge in [-0.1, -0.05) is 50.6 Å². The fraction of sp³-hybridized carbons (Fsp3) is 0.200. The SMILES string of the molecule is CCCOC(=O)c1ccc(N2C(=O)C(Cl)=C(Nc3ccc(C(=O)Oc4ccccc4C(C)C)cc3)C2=O)cc1. The van der Waals surface area contributed by atoms with Crippen LogP contribution >= 0.6 is 11.6 Å². The minimum atomic E-state index is -0.700. The average Bonchev–Trinajstić information content (AvgIpc) is 3.15. The molecule has 0 radical (unpaired) electrons. The number of hydrogen-bond donors (Lipinski definition) is 1. The number of rotatable bonds is 9. The monoisotopic (exact) mass is 546 g/mol. The third-order valence-electron chi connectivity index (χ3n) is 5.96. The highest BCUT2D eigenvalue weighted by Gasteiger charge is 2.39. The first-order valence-electron chi connectivity index (χ1n) is 12.4. The molecule has 0 saturated heterocycles. The van der Waals surface area contributed by atoms with Crippen LogP contribution in [-0.2, 0) is 14.3 Å². The van der Waals surface area contributed by atoms with Crippen molar-refractivity contribution in [2.24, 2.45) is 0 Å². The lowest BCUT2D eigenvalue weighted by Crippen LogP contribution is -2.32. The van der Waals surface area contributed by atoms with E-state index >= 15 is 0 Å². The average molecular weight is 547 g/mol. The molecule has 9 heteroatoms. The molecule has 4 rings (SSSR count). The molecule has 0 aliphatic carbocycles. The summed E-state index contributed by atoms with van der Waals surface area (Å²) in [5, 5.41) is 2.60. The summed E-state index contributed by atoms with van der Waals surface area (Å²) < 4.78 is 10.7. The third-order valence-corrected chi connectivity index (χ3v) is 6.31. The van der Waals surface area contributed by atoms with Gasteiger partial charge < -0.3 is 14.8 Å². The number of para-hydroxylation sites is 1. The molecule has 1 heterocycles. The van der Waals surface area contributed by atoms with Crippen molar-refractivity contribution in [3.05, 3.63) is 100 Å². The molecular formula is C30H27ClN2O6. The number of carbonyl (C=O) groups excluding carboxylic acids is 4. The van der Waals surface area contributed by atoms with E-state index in [0.717, 1.165) is 10.5 Å². The highest BCUT2D eigenvalue weighted by atomic mass is 35.5. The molecule has 200 valence electrons. The van der Waals surface area contributed by atoms with Gasteiger partial charge in [-0.25, -0.2) is 14.5 Å². The van der Waals surface area contributed by atoms with Gasteiger partial charge in [0.1, 0.15) is 16.5 Å². The van der Waals surface area contributed by atoms with E-state index in [9.17, 15) is 19.2 Å². The number of hydrogen-bond acceptors (Lipinski definition) is 7. The van der Waals surface area contributed by atoms with Crippen LogP contribution in [0, 0.1) is 0 Å². The van der Waals surface area contributed by atoms with Gasteiger partial charge in [0.15, 0.2) is 0 Å². The fourth-order valence-corrected chi connectivity index (χ4v) is 4.13. The lowest BCUT2D eigenvalue weighted by molar-refractivity contribution is -0.120. The molecule has 2 amide bonds. The number of nitrogens with one attached hydrogen (secondary N) is 1. The quantitative estimate of drug-likeness (QED) is 0.198. The molecule has 0 unspecified atom stereocenters. The minimum absolute atomic E-state index is 0.103. The van der Waals surface area contributed by atoms with Crippen LogP contribution in [0.25, 0.3) is 0 Å². The molecule has 1 aliphatic rings. The summed E-state index contributed by atoms with van der Waals surface area (Å²) in [7, 11) is 0. The molecule has 0 spiro atoms. The molecule has 3 aromatic rings. The molecule has 1 N–H and O–H groups in total. The molecular weight excluding hydrogens is 520 g/mol. The van der Waals surface area contributed by atoms with Crippen molar-refractivity contribution in [3.63, 3.8) is 0 Å². The number of amides is 2. The zero-order valence-corrected chi connectivity index (χ0v) is 22.5.